The molecule has 0 N–H and O–H groups in total. The molecule has 1 heterocycles. The third-order valence-electron chi connectivity index (χ3n) is 3.16. The van der Waals surface area contributed by atoms with E-state index in [0.717, 1.165) is 24.2 Å². The summed E-state index contributed by atoms with van der Waals surface area (Å²) in [5.74, 6) is 1.07. The van der Waals surface area contributed by atoms with Gasteiger partial charge in [-0.05, 0) is 42.5 Å². The Balaban J connectivity index is 2.44. The number of ether oxygens (including phenoxy) is 1. The fourth-order valence-corrected chi connectivity index (χ4v) is 2.96. The topological polar surface area (TPSA) is 43.4 Å². The van der Waals surface area contributed by atoms with Gasteiger partial charge in [0.15, 0.2) is 0 Å². The van der Waals surface area contributed by atoms with Crippen molar-refractivity contribution in [2.45, 2.75) is 43.6 Å². The predicted molar refractivity (Wildman–Crippen MR) is 67.2 cm³/mol. The highest BCUT2D eigenvalue weighted by atomic mass is 35.7. The molecule has 1 aromatic rings. The molecule has 94 valence electrons. The monoisotopic (exact) mass is 274 g/mol. The van der Waals surface area contributed by atoms with E-state index in [1.807, 2.05) is 0 Å². The number of fused-ring (bicyclic) bond motifs is 1. The number of hydrogen-bond acceptors (Lipinski definition) is 3. The van der Waals surface area contributed by atoms with Crippen LogP contribution in [-0.2, 0) is 9.05 Å². The molecule has 2 unspecified atom stereocenters. The third kappa shape index (κ3) is 2.58. The Morgan fingerprint density at radius 1 is 1.47 bits per heavy atom. The fourth-order valence-electron chi connectivity index (χ4n) is 2.17. The molecule has 0 radical (unpaired) electrons. The molecule has 0 aromatic heterocycles. The molecule has 0 spiro atoms. The molecule has 1 aliphatic rings. The lowest BCUT2D eigenvalue weighted by atomic mass is 9.91. The minimum atomic E-state index is -3.66. The lowest BCUT2D eigenvalue weighted by molar-refractivity contribution is 0.157. The second kappa shape index (κ2) is 4.50. The van der Waals surface area contributed by atoms with Gasteiger partial charge >= 0.3 is 0 Å². The molecule has 0 bridgehead atoms. The van der Waals surface area contributed by atoms with E-state index in [2.05, 4.69) is 13.8 Å². The lowest BCUT2D eigenvalue weighted by Crippen LogP contribution is -2.23. The quantitative estimate of drug-likeness (QED) is 0.778. The van der Waals surface area contributed by atoms with E-state index in [1.165, 1.54) is 6.07 Å². The Hall–Kier alpha value is -0.740. The van der Waals surface area contributed by atoms with E-state index in [0.29, 0.717) is 5.92 Å². The molecule has 2 atom stereocenters. The van der Waals surface area contributed by atoms with Gasteiger partial charge in [-0.25, -0.2) is 8.42 Å². The van der Waals surface area contributed by atoms with Gasteiger partial charge < -0.3 is 4.74 Å². The molecule has 2 rings (SSSR count). The van der Waals surface area contributed by atoms with Crippen LogP contribution in [0.5, 0.6) is 5.75 Å². The van der Waals surface area contributed by atoms with Crippen LogP contribution in [0, 0.1) is 0 Å². The first-order valence-corrected chi connectivity index (χ1v) is 7.98. The molecule has 5 heteroatoms. The van der Waals surface area contributed by atoms with Crippen LogP contribution < -0.4 is 4.74 Å². The molecule has 1 aromatic carbocycles. The summed E-state index contributed by atoms with van der Waals surface area (Å²) < 4.78 is 28.3. The normalized spacial score (nSPS) is 23.9. The van der Waals surface area contributed by atoms with Gasteiger partial charge in [-0.3, -0.25) is 0 Å². The van der Waals surface area contributed by atoms with Crippen molar-refractivity contribution in [3.63, 3.8) is 0 Å². The van der Waals surface area contributed by atoms with Crippen molar-refractivity contribution in [2.24, 2.45) is 0 Å². The molecule has 0 amide bonds. The van der Waals surface area contributed by atoms with Gasteiger partial charge in [0.2, 0.25) is 0 Å². The minimum absolute atomic E-state index is 0.142. The summed E-state index contributed by atoms with van der Waals surface area (Å²) in [5.41, 5.74) is 0.927. The highest BCUT2D eigenvalue weighted by Crippen LogP contribution is 2.38. The summed E-state index contributed by atoms with van der Waals surface area (Å²) in [6.45, 7) is 4.16. The van der Waals surface area contributed by atoms with Crippen molar-refractivity contribution in [1.29, 1.82) is 0 Å². The van der Waals surface area contributed by atoms with Crippen LogP contribution in [-0.4, -0.2) is 14.5 Å². The van der Waals surface area contributed by atoms with E-state index >= 15 is 0 Å². The van der Waals surface area contributed by atoms with Gasteiger partial charge in [-0.1, -0.05) is 13.8 Å². The lowest BCUT2D eigenvalue weighted by Gasteiger charge is -2.30. The number of benzene rings is 1. The summed E-state index contributed by atoms with van der Waals surface area (Å²) in [7, 11) is 1.67. The van der Waals surface area contributed by atoms with Crippen molar-refractivity contribution in [3.05, 3.63) is 23.8 Å². The Morgan fingerprint density at radius 3 is 2.76 bits per heavy atom. The SMILES string of the molecule is CCC1CC(C)c2cc(S(=O)(=O)Cl)ccc2O1. The molecule has 1 aliphatic heterocycles. The van der Waals surface area contributed by atoms with Crippen LogP contribution in [0.3, 0.4) is 0 Å². The van der Waals surface area contributed by atoms with E-state index in [4.69, 9.17) is 15.4 Å². The number of hydrogen-bond donors (Lipinski definition) is 0. The van der Waals surface area contributed by atoms with Crippen LogP contribution in [0.25, 0.3) is 0 Å². The molecular formula is C12H15ClO3S. The van der Waals surface area contributed by atoms with E-state index < -0.39 is 9.05 Å². The van der Waals surface area contributed by atoms with Crippen LogP contribution in [0.4, 0.5) is 0 Å². The maximum atomic E-state index is 11.3. The zero-order chi connectivity index (χ0) is 12.6. The smallest absolute Gasteiger partial charge is 0.261 e. The van der Waals surface area contributed by atoms with E-state index in [-0.39, 0.29) is 11.0 Å². The van der Waals surface area contributed by atoms with Crippen molar-refractivity contribution >= 4 is 19.7 Å². The molecule has 0 aliphatic carbocycles. The van der Waals surface area contributed by atoms with Gasteiger partial charge in [-0.2, -0.15) is 0 Å². The van der Waals surface area contributed by atoms with Crippen LogP contribution in [0.2, 0.25) is 0 Å². The number of halogens is 1. The van der Waals surface area contributed by atoms with Crippen molar-refractivity contribution in [1.82, 2.24) is 0 Å². The van der Waals surface area contributed by atoms with Gasteiger partial charge in [0, 0.05) is 10.7 Å². The second-order valence-electron chi connectivity index (χ2n) is 4.42. The summed E-state index contributed by atoms with van der Waals surface area (Å²) in [6, 6.07) is 4.81. The second-order valence-corrected chi connectivity index (χ2v) is 6.99. The fraction of sp³-hybridized carbons (Fsp3) is 0.500. The summed E-state index contributed by atoms with van der Waals surface area (Å²) in [6.07, 6.45) is 2.09. The average molecular weight is 275 g/mol. The zero-order valence-electron chi connectivity index (χ0n) is 9.81. The molecular weight excluding hydrogens is 260 g/mol. The first-order valence-electron chi connectivity index (χ1n) is 5.67. The maximum absolute atomic E-state index is 11.3. The maximum Gasteiger partial charge on any atom is 0.261 e. The Bertz CT molecular complexity index is 525. The largest absolute Gasteiger partial charge is 0.490 e. The van der Waals surface area contributed by atoms with Gasteiger partial charge in [-0.15, -0.1) is 0 Å². The first-order chi connectivity index (χ1) is 7.91. The summed E-state index contributed by atoms with van der Waals surface area (Å²) in [4.78, 5) is 0.142. The highest BCUT2D eigenvalue weighted by Gasteiger charge is 2.25. The van der Waals surface area contributed by atoms with Crippen LogP contribution >= 0.6 is 10.7 Å². The highest BCUT2D eigenvalue weighted by molar-refractivity contribution is 8.13. The molecule has 0 saturated carbocycles. The van der Waals surface area contributed by atoms with Crippen molar-refractivity contribution in [2.75, 3.05) is 0 Å². The first kappa shape index (κ1) is 12.7. The van der Waals surface area contributed by atoms with Crippen molar-refractivity contribution < 1.29 is 13.2 Å². The Labute approximate surface area is 106 Å². The number of rotatable bonds is 2. The van der Waals surface area contributed by atoms with Gasteiger partial charge in [0.25, 0.3) is 9.05 Å². The standard InChI is InChI=1S/C12H15ClO3S/c1-3-9-6-8(2)11-7-10(17(13,14)15)4-5-12(11)16-9/h4-5,7-9H,3,6H2,1-2H3. The van der Waals surface area contributed by atoms with E-state index in [1.54, 1.807) is 12.1 Å². The van der Waals surface area contributed by atoms with Gasteiger partial charge in [0.1, 0.15) is 5.75 Å². The van der Waals surface area contributed by atoms with E-state index in [9.17, 15) is 8.42 Å². The predicted octanol–water partition coefficient (Wildman–Crippen LogP) is 3.28. The van der Waals surface area contributed by atoms with Crippen LogP contribution in [0.1, 0.15) is 38.2 Å². The average Bonchev–Trinajstić information content (AvgIpc) is 2.27. The minimum Gasteiger partial charge on any atom is -0.490 e. The molecule has 0 saturated heterocycles. The summed E-state index contributed by atoms with van der Waals surface area (Å²) >= 11 is 0. The van der Waals surface area contributed by atoms with Crippen LogP contribution in [0.15, 0.2) is 23.1 Å². The Kier molecular flexibility index (Phi) is 3.36. The van der Waals surface area contributed by atoms with Crippen molar-refractivity contribution in [3.8, 4) is 5.75 Å². The molecule has 17 heavy (non-hydrogen) atoms. The Morgan fingerprint density at radius 2 is 2.18 bits per heavy atom. The molecule has 3 nitrogen and oxygen atoms in total. The molecule has 0 fully saturated rings. The third-order valence-corrected chi connectivity index (χ3v) is 4.51. The summed E-state index contributed by atoms with van der Waals surface area (Å²) in [5, 5.41) is 0. The zero-order valence-corrected chi connectivity index (χ0v) is 11.4. The van der Waals surface area contributed by atoms with Gasteiger partial charge in [0.05, 0.1) is 11.0 Å².